The zero-order chi connectivity index (χ0) is 12.6. The highest BCUT2D eigenvalue weighted by Crippen LogP contribution is 2.38. The fourth-order valence-electron chi connectivity index (χ4n) is 2.01. The van der Waals surface area contributed by atoms with Crippen molar-refractivity contribution in [2.45, 2.75) is 32.9 Å². The first-order chi connectivity index (χ1) is 8.00. The lowest BCUT2D eigenvalue weighted by atomic mass is 10.1. The summed E-state index contributed by atoms with van der Waals surface area (Å²) in [5.74, 6) is 1.82. The van der Waals surface area contributed by atoms with Gasteiger partial charge in [0, 0.05) is 6.04 Å². The number of ether oxygens (including phenoxy) is 2. The average Bonchev–Trinajstić information content (AvgIpc) is 2.32. The summed E-state index contributed by atoms with van der Waals surface area (Å²) in [5, 5.41) is 0. The lowest BCUT2D eigenvalue weighted by molar-refractivity contribution is 0.0360. The number of rotatable bonds is 2. The Morgan fingerprint density at radius 2 is 1.76 bits per heavy atom. The molecule has 1 aliphatic rings. The zero-order valence-electron chi connectivity index (χ0n) is 11.3. The molecule has 0 spiro atoms. The molecule has 94 valence electrons. The maximum Gasteiger partial charge on any atom is 0.165 e. The van der Waals surface area contributed by atoms with Crippen LogP contribution in [0.4, 0.5) is 0 Å². The molecule has 0 saturated heterocycles. The van der Waals surface area contributed by atoms with Gasteiger partial charge in [-0.1, -0.05) is 12.1 Å². The minimum atomic E-state index is 0.0954. The van der Waals surface area contributed by atoms with Gasteiger partial charge in [-0.3, -0.25) is 0 Å². The Morgan fingerprint density at radius 3 is 2.35 bits per heavy atom. The summed E-state index contributed by atoms with van der Waals surface area (Å²) in [6.45, 7) is 6.89. The molecule has 1 aromatic rings. The summed E-state index contributed by atoms with van der Waals surface area (Å²) in [6, 6.07) is 4.50. The normalized spacial score (nSPS) is 20.5. The second kappa shape index (κ2) is 4.57. The van der Waals surface area contributed by atoms with E-state index < -0.39 is 0 Å². The van der Waals surface area contributed by atoms with Gasteiger partial charge in [0.05, 0.1) is 0 Å². The van der Waals surface area contributed by atoms with E-state index in [1.165, 1.54) is 0 Å². The van der Waals surface area contributed by atoms with Crippen LogP contribution in [0, 0.1) is 13.8 Å². The van der Waals surface area contributed by atoms with Gasteiger partial charge < -0.3 is 14.4 Å². The van der Waals surface area contributed by atoms with Crippen molar-refractivity contribution in [1.82, 2.24) is 4.90 Å². The summed E-state index contributed by atoms with van der Waals surface area (Å²) in [7, 11) is 4.12. The lowest BCUT2D eigenvalue weighted by Gasteiger charge is -2.34. The van der Waals surface area contributed by atoms with Gasteiger partial charge in [0.1, 0.15) is 12.7 Å². The number of hydrogen-bond donors (Lipinski definition) is 0. The number of nitrogens with zero attached hydrogens (tertiary/aromatic N) is 1. The van der Waals surface area contributed by atoms with Crippen molar-refractivity contribution in [2.24, 2.45) is 0 Å². The highest BCUT2D eigenvalue weighted by Gasteiger charge is 2.29. The molecule has 2 atom stereocenters. The molecule has 17 heavy (non-hydrogen) atoms. The molecular weight excluding hydrogens is 214 g/mol. The van der Waals surface area contributed by atoms with E-state index >= 15 is 0 Å². The van der Waals surface area contributed by atoms with Gasteiger partial charge >= 0.3 is 0 Å². The first-order valence-electron chi connectivity index (χ1n) is 6.06. The molecule has 1 aromatic carbocycles. The molecule has 0 aromatic heterocycles. The van der Waals surface area contributed by atoms with Gasteiger partial charge in [-0.15, -0.1) is 0 Å². The summed E-state index contributed by atoms with van der Waals surface area (Å²) in [5.41, 5.74) is 2.28. The number of aryl methyl sites for hydroxylation is 2. The Bertz CT molecular complexity index is 415. The third-order valence-electron chi connectivity index (χ3n) is 3.52. The van der Waals surface area contributed by atoms with Gasteiger partial charge in [0.2, 0.25) is 0 Å². The highest BCUT2D eigenvalue weighted by atomic mass is 16.6. The molecule has 1 heterocycles. The Hall–Kier alpha value is -1.22. The quantitative estimate of drug-likeness (QED) is 0.785. The highest BCUT2D eigenvalue weighted by molar-refractivity contribution is 5.52. The van der Waals surface area contributed by atoms with Crippen LogP contribution in [-0.4, -0.2) is 37.7 Å². The van der Waals surface area contributed by atoms with E-state index in [-0.39, 0.29) is 6.10 Å². The molecule has 0 unspecified atom stereocenters. The third kappa shape index (κ3) is 2.25. The molecule has 0 fully saturated rings. The Labute approximate surface area is 103 Å². The SMILES string of the molecule is Cc1ccc(C)c2c1OC[C@@H]([C@H](C)N(C)C)O2. The van der Waals surface area contributed by atoms with Crippen molar-refractivity contribution in [3.63, 3.8) is 0 Å². The van der Waals surface area contributed by atoms with Crippen molar-refractivity contribution in [1.29, 1.82) is 0 Å². The molecular formula is C14H21NO2. The van der Waals surface area contributed by atoms with Gasteiger partial charge in [0.15, 0.2) is 11.5 Å². The Morgan fingerprint density at radius 1 is 1.18 bits per heavy atom. The van der Waals surface area contributed by atoms with Crippen molar-refractivity contribution < 1.29 is 9.47 Å². The van der Waals surface area contributed by atoms with Crippen LogP contribution in [0.15, 0.2) is 12.1 Å². The molecule has 1 aliphatic heterocycles. The van der Waals surface area contributed by atoms with E-state index in [1.807, 2.05) is 0 Å². The Kier molecular flexibility index (Phi) is 3.29. The summed E-state index contributed by atoms with van der Waals surface area (Å²) >= 11 is 0. The number of fused-ring (bicyclic) bond motifs is 1. The molecule has 0 N–H and O–H groups in total. The van der Waals surface area contributed by atoms with E-state index in [0.717, 1.165) is 22.6 Å². The van der Waals surface area contributed by atoms with Crippen molar-refractivity contribution >= 4 is 0 Å². The number of likely N-dealkylation sites (N-methyl/N-ethyl adjacent to an activating group) is 1. The van der Waals surface area contributed by atoms with Gasteiger partial charge in [-0.05, 0) is 46.0 Å². The minimum Gasteiger partial charge on any atom is -0.485 e. The number of hydrogen-bond acceptors (Lipinski definition) is 3. The van der Waals surface area contributed by atoms with Gasteiger partial charge in [-0.2, -0.15) is 0 Å². The number of benzene rings is 1. The summed E-state index contributed by atoms with van der Waals surface area (Å²) < 4.78 is 12.0. The second-order valence-electron chi connectivity index (χ2n) is 5.03. The van der Waals surface area contributed by atoms with Crippen LogP contribution in [0.5, 0.6) is 11.5 Å². The summed E-state index contributed by atoms with van der Waals surface area (Å²) in [4.78, 5) is 2.16. The molecule has 0 radical (unpaired) electrons. The fraction of sp³-hybridized carbons (Fsp3) is 0.571. The first kappa shape index (κ1) is 12.2. The van der Waals surface area contributed by atoms with E-state index in [2.05, 4.69) is 51.9 Å². The van der Waals surface area contributed by atoms with Gasteiger partial charge in [-0.25, -0.2) is 0 Å². The van der Waals surface area contributed by atoms with Crippen LogP contribution in [0.1, 0.15) is 18.1 Å². The van der Waals surface area contributed by atoms with Crippen molar-refractivity contribution in [3.8, 4) is 11.5 Å². The van der Waals surface area contributed by atoms with E-state index in [1.54, 1.807) is 0 Å². The van der Waals surface area contributed by atoms with E-state index in [4.69, 9.17) is 9.47 Å². The van der Waals surface area contributed by atoms with Crippen molar-refractivity contribution in [2.75, 3.05) is 20.7 Å². The van der Waals surface area contributed by atoms with E-state index in [0.29, 0.717) is 12.6 Å². The molecule has 2 rings (SSSR count). The predicted octanol–water partition coefficient (Wildman–Crippen LogP) is 2.39. The van der Waals surface area contributed by atoms with Crippen LogP contribution in [-0.2, 0) is 0 Å². The van der Waals surface area contributed by atoms with Crippen molar-refractivity contribution in [3.05, 3.63) is 23.3 Å². The topological polar surface area (TPSA) is 21.7 Å². The van der Waals surface area contributed by atoms with Crippen LogP contribution in [0.2, 0.25) is 0 Å². The Balaban J connectivity index is 2.27. The molecule has 3 nitrogen and oxygen atoms in total. The third-order valence-corrected chi connectivity index (χ3v) is 3.52. The maximum absolute atomic E-state index is 6.10. The fourth-order valence-corrected chi connectivity index (χ4v) is 2.01. The molecule has 3 heteroatoms. The average molecular weight is 235 g/mol. The van der Waals surface area contributed by atoms with Gasteiger partial charge in [0.25, 0.3) is 0 Å². The molecule has 0 amide bonds. The monoisotopic (exact) mass is 235 g/mol. The largest absolute Gasteiger partial charge is 0.485 e. The van der Waals surface area contributed by atoms with Crippen LogP contribution in [0.3, 0.4) is 0 Å². The van der Waals surface area contributed by atoms with Crippen LogP contribution >= 0.6 is 0 Å². The molecule has 0 bridgehead atoms. The van der Waals surface area contributed by atoms with Crippen LogP contribution < -0.4 is 9.47 Å². The first-order valence-corrected chi connectivity index (χ1v) is 6.06. The lowest BCUT2D eigenvalue weighted by Crippen LogP contribution is -2.45. The maximum atomic E-state index is 6.10. The summed E-state index contributed by atoms with van der Waals surface area (Å²) in [6.07, 6.45) is 0.0954. The minimum absolute atomic E-state index is 0.0954. The van der Waals surface area contributed by atoms with Crippen LogP contribution in [0.25, 0.3) is 0 Å². The molecule has 0 aliphatic carbocycles. The van der Waals surface area contributed by atoms with E-state index in [9.17, 15) is 0 Å². The standard InChI is InChI=1S/C14H21NO2/c1-9-6-7-10(2)14-13(9)16-8-12(17-14)11(3)15(4)5/h6-7,11-12H,8H2,1-5H3/t11-,12-/m0/s1. The molecule has 0 saturated carbocycles. The second-order valence-corrected chi connectivity index (χ2v) is 5.03. The zero-order valence-corrected chi connectivity index (χ0v) is 11.3. The predicted molar refractivity (Wildman–Crippen MR) is 69.0 cm³/mol. The smallest absolute Gasteiger partial charge is 0.165 e.